The molecule has 6 nitrogen and oxygen atoms in total. The largest absolute Gasteiger partial charge is 0.497 e. The van der Waals surface area contributed by atoms with E-state index in [1.54, 1.807) is 7.11 Å². The summed E-state index contributed by atoms with van der Waals surface area (Å²) in [6.07, 6.45) is 7.39. The van der Waals surface area contributed by atoms with Crippen molar-refractivity contribution in [1.82, 2.24) is 15.5 Å². The Bertz CT molecular complexity index is 614. The topological polar surface area (TPSA) is 58.1 Å². The summed E-state index contributed by atoms with van der Waals surface area (Å²) < 4.78 is 11.0. The first-order valence-electron chi connectivity index (χ1n) is 10.2. The highest BCUT2D eigenvalue weighted by molar-refractivity contribution is 14.0. The fraction of sp³-hybridized carbons (Fsp3) is 0.667. The second-order valence-corrected chi connectivity index (χ2v) is 7.60. The molecule has 2 aliphatic heterocycles. The van der Waals surface area contributed by atoms with E-state index in [9.17, 15) is 0 Å². The number of guanidine groups is 1. The Morgan fingerprint density at radius 1 is 1.21 bits per heavy atom. The third-order valence-corrected chi connectivity index (χ3v) is 5.83. The Morgan fingerprint density at radius 2 is 1.93 bits per heavy atom. The molecule has 158 valence electrons. The van der Waals surface area contributed by atoms with Gasteiger partial charge in [-0.1, -0.05) is 12.5 Å². The Kier molecular flexibility index (Phi) is 9.64. The van der Waals surface area contributed by atoms with Gasteiger partial charge in [0.05, 0.1) is 13.7 Å². The van der Waals surface area contributed by atoms with Gasteiger partial charge in [-0.3, -0.25) is 4.99 Å². The zero-order valence-corrected chi connectivity index (χ0v) is 19.6. The summed E-state index contributed by atoms with van der Waals surface area (Å²) in [5.74, 6) is 2.57. The zero-order chi connectivity index (χ0) is 19.1. The minimum absolute atomic E-state index is 0. The Labute approximate surface area is 186 Å². The Balaban J connectivity index is 0.00000280. The van der Waals surface area contributed by atoms with Crippen LogP contribution < -0.4 is 20.1 Å². The van der Waals surface area contributed by atoms with Crippen LogP contribution in [0, 0.1) is 0 Å². The van der Waals surface area contributed by atoms with Gasteiger partial charge in [-0.05, 0) is 51.3 Å². The lowest BCUT2D eigenvalue weighted by Gasteiger charge is -2.47. The van der Waals surface area contributed by atoms with Crippen molar-refractivity contribution in [1.29, 1.82) is 0 Å². The molecule has 0 saturated carbocycles. The van der Waals surface area contributed by atoms with Gasteiger partial charge in [-0.15, -0.1) is 24.0 Å². The van der Waals surface area contributed by atoms with Crippen molar-refractivity contribution in [2.45, 2.75) is 56.7 Å². The van der Waals surface area contributed by atoms with Crippen LogP contribution in [0.3, 0.4) is 0 Å². The summed E-state index contributed by atoms with van der Waals surface area (Å²) in [6, 6.07) is 9.69. The number of hydrogen-bond acceptors (Lipinski definition) is 4. The van der Waals surface area contributed by atoms with Gasteiger partial charge in [0.1, 0.15) is 11.5 Å². The number of rotatable bonds is 7. The average Bonchev–Trinajstić information content (AvgIpc) is 2.67. The molecular weight excluding hydrogens is 467 g/mol. The normalized spacial score (nSPS) is 24.8. The van der Waals surface area contributed by atoms with Gasteiger partial charge in [-0.2, -0.15) is 0 Å². The molecule has 2 heterocycles. The van der Waals surface area contributed by atoms with E-state index in [0.29, 0.717) is 12.6 Å². The maximum absolute atomic E-state index is 5.79. The van der Waals surface area contributed by atoms with E-state index >= 15 is 0 Å². The Morgan fingerprint density at radius 3 is 2.61 bits per heavy atom. The summed E-state index contributed by atoms with van der Waals surface area (Å²) in [6.45, 7) is 1.50. The predicted molar refractivity (Wildman–Crippen MR) is 125 cm³/mol. The number of nitrogens with one attached hydrogen (secondary N) is 2. The molecule has 1 aromatic rings. The Hall–Kier alpha value is -1.22. The minimum atomic E-state index is 0. The molecule has 0 radical (unpaired) electrons. The number of nitrogens with zero attached hydrogens (tertiary/aromatic N) is 2. The third kappa shape index (κ3) is 6.40. The lowest BCUT2D eigenvalue weighted by molar-refractivity contribution is 0.0526. The van der Waals surface area contributed by atoms with Crippen molar-refractivity contribution in [2.24, 2.45) is 4.99 Å². The lowest BCUT2D eigenvalue weighted by atomic mass is 9.82. The van der Waals surface area contributed by atoms with Gasteiger partial charge in [0, 0.05) is 37.8 Å². The number of halogens is 1. The summed E-state index contributed by atoms with van der Waals surface area (Å²) in [4.78, 5) is 6.99. The molecule has 2 unspecified atom stereocenters. The van der Waals surface area contributed by atoms with Crippen LogP contribution in [-0.2, 0) is 0 Å². The average molecular weight is 502 g/mol. The first kappa shape index (κ1) is 23.1. The molecule has 0 aromatic heterocycles. The number of hydrogen-bond donors (Lipinski definition) is 2. The molecule has 2 aliphatic rings. The highest BCUT2D eigenvalue weighted by Crippen LogP contribution is 2.32. The SMILES string of the molecule is CN=C(NCCCOc1cccc(OC)c1)NC1CC2CCCC(C1)N2C.I. The second kappa shape index (κ2) is 11.7. The zero-order valence-electron chi connectivity index (χ0n) is 17.3. The lowest BCUT2D eigenvalue weighted by Crippen LogP contribution is -2.56. The molecule has 2 N–H and O–H groups in total. The quantitative estimate of drug-likeness (QED) is 0.260. The maximum atomic E-state index is 5.79. The van der Waals surface area contributed by atoms with Gasteiger partial charge in [-0.25, -0.2) is 0 Å². The van der Waals surface area contributed by atoms with Crippen LogP contribution in [0.1, 0.15) is 38.5 Å². The molecule has 2 bridgehead atoms. The number of piperidine rings is 2. The van der Waals surface area contributed by atoms with Crippen LogP contribution in [0.25, 0.3) is 0 Å². The molecule has 0 aliphatic carbocycles. The molecular formula is C21H35IN4O2. The van der Waals surface area contributed by atoms with Crippen molar-refractivity contribution in [3.63, 3.8) is 0 Å². The van der Waals surface area contributed by atoms with Gasteiger partial charge in [0.2, 0.25) is 0 Å². The molecule has 28 heavy (non-hydrogen) atoms. The van der Waals surface area contributed by atoms with E-state index in [2.05, 4.69) is 27.6 Å². The smallest absolute Gasteiger partial charge is 0.191 e. The summed E-state index contributed by atoms with van der Waals surface area (Å²) in [5.41, 5.74) is 0. The summed E-state index contributed by atoms with van der Waals surface area (Å²) in [7, 11) is 5.80. The van der Waals surface area contributed by atoms with Crippen molar-refractivity contribution >= 4 is 29.9 Å². The molecule has 0 amide bonds. The van der Waals surface area contributed by atoms with Crippen LogP contribution >= 0.6 is 24.0 Å². The van der Waals surface area contributed by atoms with Crippen molar-refractivity contribution < 1.29 is 9.47 Å². The fourth-order valence-electron chi connectivity index (χ4n) is 4.28. The van der Waals surface area contributed by atoms with E-state index in [0.717, 1.165) is 42.5 Å². The molecule has 0 spiro atoms. The van der Waals surface area contributed by atoms with Gasteiger partial charge in [0.25, 0.3) is 0 Å². The van der Waals surface area contributed by atoms with E-state index < -0.39 is 0 Å². The molecule has 2 saturated heterocycles. The minimum Gasteiger partial charge on any atom is -0.497 e. The molecule has 3 rings (SSSR count). The van der Waals surface area contributed by atoms with Crippen LogP contribution in [0.15, 0.2) is 29.3 Å². The van der Waals surface area contributed by atoms with Crippen LogP contribution in [0.5, 0.6) is 11.5 Å². The molecule has 2 fully saturated rings. The van der Waals surface area contributed by atoms with E-state index in [-0.39, 0.29) is 24.0 Å². The molecule has 7 heteroatoms. The van der Waals surface area contributed by atoms with Gasteiger partial charge in [0.15, 0.2) is 5.96 Å². The first-order valence-corrected chi connectivity index (χ1v) is 10.2. The number of methoxy groups -OCH3 is 1. The van der Waals surface area contributed by atoms with Gasteiger partial charge >= 0.3 is 0 Å². The van der Waals surface area contributed by atoms with E-state index in [1.165, 1.54) is 32.1 Å². The highest BCUT2D eigenvalue weighted by atomic mass is 127. The van der Waals surface area contributed by atoms with Crippen molar-refractivity contribution in [3.8, 4) is 11.5 Å². The highest BCUT2D eigenvalue weighted by Gasteiger charge is 2.36. The summed E-state index contributed by atoms with van der Waals surface area (Å²) in [5, 5.41) is 7.06. The monoisotopic (exact) mass is 502 g/mol. The van der Waals surface area contributed by atoms with Gasteiger partial charge < -0.3 is 25.0 Å². The van der Waals surface area contributed by atoms with Crippen LogP contribution in [0.4, 0.5) is 0 Å². The molecule has 2 atom stereocenters. The van der Waals surface area contributed by atoms with Crippen molar-refractivity contribution in [3.05, 3.63) is 24.3 Å². The van der Waals surface area contributed by atoms with Crippen molar-refractivity contribution in [2.75, 3.05) is 34.4 Å². The maximum Gasteiger partial charge on any atom is 0.191 e. The second-order valence-electron chi connectivity index (χ2n) is 7.60. The number of fused-ring (bicyclic) bond motifs is 2. The number of benzene rings is 1. The van der Waals surface area contributed by atoms with E-state index in [4.69, 9.17) is 9.47 Å². The summed E-state index contributed by atoms with van der Waals surface area (Å²) >= 11 is 0. The third-order valence-electron chi connectivity index (χ3n) is 5.83. The van der Waals surface area contributed by atoms with Crippen LogP contribution in [-0.4, -0.2) is 63.3 Å². The van der Waals surface area contributed by atoms with E-state index in [1.807, 2.05) is 31.3 Å². The standard InChI is InChI=1S/C21H34N4O2.HI/c1-22-21(24-16-13-17-7-4-8-18(14-16)25(17)2)23-11-6-12-27-20-10-5-9-19(15-20)26-3;/h5,9-10,15-18H,4,6-8,11-14H2,1-3H3,(H2,22,23,24);1H. The fourth-order valence-corrected chi connectivity index (χ4v) is 4.28. The number of ether oxygens (including phenoxy) is 2. The predicted octanol–water partition coefficient (Wildman–Crippen LogP) is 3.26. The number of aliphatic imine (C=N–C) groups is 1. The van der Waals surface area contributed by atoms with Crippen LogP contribution in [0.2, 0.25) is 0 Å². The first-order chi connectivity index (χ1) is 13.2. The molecule has 1 aromatic carbocycles.